The largest absolute Gasteiger partial charge is 0.415 e. The van der Waals surface area contributed by atoms with Crippen LogP contribution in [0.4, 0.5) is 0 Å². The van der Waals surface area contributed by atoms with Crippen LogP contribution in [0.1, 0.15) is 25.7 Å². The first-order chi connectivity index (χ1) is 6.94. The molecule has 7 nitrogen and oxygen atoms in total. The molecule has 0 aromatic carbocycles. The fraction of sp³-hybridized carbons (Fsp3) is 0.750. The number of hydrogen-bond donors (Lipinski definition) is 3. The van der Waals surface area contributed by atoms with Crippen LogP contribution in [0.5, 0.6) is 0 Å². The van der Waals surface area contributed by atoms with E-state index in [1.54, 1.807) is 0 Å². The fourth-order valence-electron chi connectivity index (χ4n) is 1.11. The summed E-state index contributed by atoms with van der Waals surface area (Å²) in [7, 11) is 0. The standard InChI is InChI=1S/C8H13NO6/c9-7(12)8(13)14-5(10)3-1-2-4-6(11)15-8/h7,12-13H,1-4,9H2. The molecular formula is C8H13NO6. The van der Waals surface area contributed by atoms with Crippen LogP contribution in [0.2, 0.25) is 0 Å². The Morgan fingerprint density at radius 3 is 1.93 bits per heavy atom. The summed E-state index contributed by atoms with van der Waals surface area (Å²) in [5, 5.41) is 18.4. The van der Waals surface area contributed by atoms with E-state index in [9.17, 15) is 14.7 Å². The highest BCUT2D eigenvalue weighted by atomic mass is 16.8. The summed E-state index contributed by atoms with van der Waals surface area (Å²) in [4.78, 5) is 22.2. The summed E-state index contributed by atoms with van der Waals surface area (Å²) in [6.07, 6.45) is -1.03. The molecule has 0 aliphatic carbocycles. The maximum Gasteiger partial charge on any atom is 0.415 e. The average Bonchev–Trinajstić information content (AvgIpc) is 2.16. The second-order valence-electron chi connectivity index (χ2n) is 3.23. The van der Waals surface area contributed by atoms with Crippen LogP contribution < -0.4 is 5.73 Å². The smallest absolute Gasteiger partial charge is 0.395 e. The van der Waals surface area contributed by atoms with E-state index in [0.717, 1.165) is 0 Å². The van der Waals surface area contributed by atoms with Crippen LogP contribution in [0, 0.1) is 0 Å². The molecule has 1 atom stereocenters. The van der Waals surface area contributed by atoms with Crippen LogP contribution in [0.25, 0.3) is 0 Å². The lowest BCUT2D eigenvalue weighted by Gasteiger charge is -2.27. The van der Waals surface area contributed by atoms with Crippen molar-refractivity contribution in [3.05, 3.63) is 0 Å². The summed E-state index contributed by atoms with van der Waals surface area (Å²) in [5.41, 5.74) is 4.95. The summed E-state index contributed by atoms with van der Waals surface area (Å²) in [6.45, 7) is 0. The van der Waals surface area contributed by atoms with Crippen molar-refractivity contribution in [2.75, 3.05) is 0 Å². The molecule has 0 spiro atoms. The van der Waals surface area contributed by atoms with Gasteiger partial charge in [-0.2, -0.15) is 0 Å². The first kappa shape index (κ1) is 11.9. The molecule has 15 heavy (non-hydrogen) atoms. The van der Waals surface area contributed by atoms with E-state index in [1.165, 1.54) is 0 Å². The fourth-order valence-corrected chi connectivity index (χ4v) is 1.11. The molecule has 86 valence electrons. The number of esters is 2. The molecule has 1 saturated heterocycles. The molecular weight excluding hydrogens is 206 g/mol. The lowest BCUT2D eigenvalue weighted by molar-refractivity contribution is -0.359. The molecule has 7 heteroatoms. The van der Waals surface area contributed by atoms with E-state index < -0.39 is 24.1 Å². The molecule has 1 unspecified atom stereocenters. The highest BCUT2D eigenvalue weighted by Gasteiger charge is 2.43. The molecule has 4 N–H and O–H groups in total. The number of aliphatic hydroxyl groups is 2. The molecule has 0 radical (unpaired) electrons. The van der Waals surface area contributed by atoms with Gasteiger partial charge in [0.25, 0.3) is 0 Å². The van der Waals surface area contributed by atoms with Crippen molar-refractivity contribution >= 4 is 11.9 Å². The number of nitrogens with two attached hydrogens (primary N) is 1. The molecule has 1 rings (SSSR count). The van der Waals surface area contributed by atoms with Gasteiger partial charge in [0, 0.05) is 12.8 Å². The van der Waals surface area contributed by atoms with E-state index in [0.29, 0.717) is 12.8 Å². The molecule has 0 saturated carbocycles. The Bertz CT molecular complexity index is 244. The molecule has 0 aromatic heterocycles. The first-order valence-corrected chi connectivity index (χ1v) is 4.54. The zero-order valence-electron chi connectivity index (χ0n) is 8.01. The van der Waals surface area contributed by atoms with Crippen LogP contribution >= 0.6 is 0 Å². The van der Waals surface area contributed by atoms with Crippen molar-refractivity contribution in [3.63, 3.8) is 0 Å². The summed E-state index contributed by atoms with van der Waals surface area (Å²) < 4.78 is 8.78. The number of carbonyl (C=O) groups excluding carboxylic acids is 2. The normalized spacial score (nSPS) is 24.2. The highest BCUT2D eigenvalue weighted by Crippen LogP contribution is 2.18. The second kappa shape index (κ2) is 4.56. The van der Waals surface area contributed by atoms with Crippen molar-refractivity contribution in [2.24, 2.45) is 5.73 Å². The third kappa shape index (κ3) is 3.15. The third-order valence-corrected chi connectivity index (χ3v) is 1.91. The number of hydrogen-bond acceptors (Lipinski definition) is 7. The zero-order chi connectivity index (χ0) is 11.5. The van der Waals surface area contributed by atoms with Gasteiger partial charge in [-0.25, -0.2) is 0 Å². The summed E-state index contributed by atoms with van der Waals surface area (Å²) in [5.74, 6) is -4.34. The Labute approximate surface area is 85.8 Å². The molecule has 1 aliphatic heterocycles. The molecule has 0 amide bonds. The van der Waals surface area contributed by atoms with Crippen molar-refractivity contribution in [3.8, 4) is 0 Å². The Morgan fingerprint density at radius 2 is 1.60 bits per heavy atom. The molecule has 0 aromatic rings. The third-order valence-electron chi connectivity index (χ3n) is 1.91. The van der Waals surface area contributed by atoms with Gasteiger partial charge in [0.05, 0.1) is 0 Å². The van der Waals surface area contributed by atoms with E-state index in [4.69, 9.17) is 10.8 Å². The van der Waals surface area contributed by atoms with Crippen molar-refractivity contribution in [2.45, 2.75) is 37.9 Å². The van der Waals surface area contributed by atoms with Gasteiger partial charge < -0.3 is 19.7 Å². The van der Waals surface area contributed by atoms with Crippen LogP contribution in [0.15, 0.2) is 0 Å². The maximum atomic E-state index is 11.1. The molecule has 0 bridgehead atoms. The van der Waals surface area contributed by atoms with Crippen molar-refractivity contribution in [1.29, 1.82) is 0 Å². The second-order valence-corrected chi connectivity index (χ2v) is 3.23. The Hall–Kier alpha value is -1.18. The van der Waals surface area contributed by atoms with E-state index in [2.05, 4.69) is 9.47 Å². The predicted octanol–water partition coefficient (Wildman–Crippen LogP) is -1.43. The summed E-state index contributed by atoms with van der Waals surface area (Å²) in [6, 6.07) is 0. The van der Waals surface area contributed by atoms with Gasteiger partial charge in [0.2, 0.25) is 6.23 Å². The van der Waals surface area contributed by atoms with Crippen molar-refractivity contribution in [1.82, 2.24) is 0 Å². The van der Waals surface area contributed by atoms with E-state index in [1.807, 2.05) is 0 Å². The van der Waals surface area contributed by atoms with Gasteiger partial charge in [-0.15, -0.1) is 0 Å². The van der Waals surface area contributed by atoms with Gasteiger partial charge in [0.1, 0.15) is 0 Å². The minimum atomic E-state index is -2.78. The van der Waals surface area contributed by atoms with Gasteiger partial charge in [-0.05, 0) is 12.8 Å². The Morgan fingerprint density at radius 1 is 1.20 bits per heavy atom. The minimum Gasteiger partial charge on any atom is -0.395 e. The lowest BCUT2D eigenvalue weighted by atomic mass is 10.2. The number of carbonyl (C=O) groups is 2. The Balaban J connectivity index is 2.80. The first-order valence-electron chi connectivity index (χ1n) is 4.54. The maximum absolute atomic E-state index is 11.1. The zero-order valence-corrected chi connectivity index (χ0v) is 8.01. The van der Waals surface area contributed by atoms with Gasteiger partial charge in [0.15, 0.2) is 0 Å². The minimum absolute atomic E-state index is 0.0334. The number of cyclic esters (lactones) is 2. The van der Waals surface area contributed by atoms with Crippen LogP contribution in [-0.2, 0) is 19.1 Å². The highest BCUT2D eigenvalue weighted by molar-refractivity contribution is 5.72. The SMILES string of the molecule is NC(O)C1(O)OC(=O)CCCCC(=O)O1. The quantitative estimate of drug-likeness (QED) is 0.365. The average molecular weight is 219 g/mol. The van der Waals surface area contributed by atoms with Gasteiger partial charge in [-0.1, -0.05) is 0 Å². The van der Waals surface area contributed by atoms with Gasteiger partial charge in [-0.3, -0.25) is 15.3 Å². The van der Waals surface area contributed by atoms with Crippen molar-refractivity contribution < 1.29 is 29.3 Å². The van der Waals surface area contributed by atoms with E-state index in [-0.39, 0.29) is 12.8 Å². The predicted molar refractivity (Wildman–Crippen MR) is 45.8 cm³/mol. The topological polar surface area (TPSA) is 119 Å². The van der Waals surface area contributed by atoms with Gasteiger partial charge >= 0.3 is 17.9 Å². The Kier molecular flexibility index (Phi) is 3.61. The molecule has 1 heterocycles. The van der Waals surface area contributed by atoms with Crippen LogP contribution in [0.3, 0.4) is 0 Å². The monoisotopic (exact) mass is 219 g/mol. The summed E-state index contributed by atoms with van der Waals surface area (Å²) >= 11 is 0. The lowest BCUT2D eigenvalue weighted by Crippen LogP contribution is -2.54. The molecule has 1 aliphatic rings. The number of ether oxygens (including phenoxy) is 2. The molecule has 1 fully saturated rings. The number of rotatable bonds is 1. The van der Waals surface area contributed by atoms with E-state index >= 15 is 0 Å². The van der Waals surface area contributed by atoms with Crippen LogP contribution in [-0.4, -0.2) is 34.4 Å². The number of aliphatic hydroxyl groups excluding tert-OH is 1.